The van der Waals surface area contributed by atoms with Crippen molar-refractivity contribution in [3.63, 3.8) is 0 Å². The number of fused-ring (bicyclic) bond motifs is 1. The van der Waals surface area contributed by atoms with Crippen molar-refractivity contribution in [2.24, 2.45) is 16.8 Å². The second-order valence-corrected chi connectivity index (χ2v) is 6.66. The molecule has 2 atom stereocenters. The molecule has 6 heteroatoms. The first-order valence-corrected chi connectivity index (χ1v) is 9.07. The van der Waals surface area contributed by atoms with E-state index in [-0.39, 0.29) is 17.8 Å². The van der Waals surface area contributed by atoms with E-state index in [9.17, 15) is 4.79 Å². The van der Waals surface area contributed by atoms with Gasteiger partial charge in [-0.1, -0.05) is 31.2 Å². The SMILES string of the molecule is CCNC(=NCc1nccc2ccccc12)N1CC(C)C(C(=O)OC)C1. The van der Waals surface area contributed by atoms with Crippen LogP contribution < -0.4 is 5.32 Å². The van der Waals surface area contributed by atoms with Gasteiger partial charge in [-0.3, -0.25) is 9.78 Å². The standard InChI is InChI=1S/C20H26N4O2/c1-4-21-20(24-12-14(2)17(13-24)19(25)26-3)23-11-18-16-8-6-5-7-15(16)9-10-22-18/h5-10,14,17H,4,11-13H2,1-3H3,(H,21,23). The highest BCUT2D eigenvalue weighted by Crippen LogP contribution is 2.24. The molecule has 1 saturated heterocycles. The Kier molecular flexibility index (Phi) is 5.71. The van der Waals surface area contributed by atoms with Crippen molar-refractivity contribution in [2.75, 3.05) is 26.7 Å². The lowest BCUT2D eigenvalue weighted by atomic mass is 9.99. The maximum absolute atomic E-state index is 12.0. The third kappa shape index (κ3) is 3.79. The molecule has 1 aliphatic rings. The monoisotopic (exact) mass is 354 g/mol. The second kappa shape index (κ2) is 8.17. The van der Waals surface area contributed by atoms with Gasteiger partial charge in [0.25, 0.3) is 0 Å². The van der Waals surface area contributed by atoms with Crippen molar-refractivity contribution in [2.45, 2.75) is 20.4 Å². The first kappa shape index (κ1) is 18.2. The molecular weight excluding hydrogens is 328 g/mol. The van der Waals surface area contributed by atoms with E-state index in [0.29, 0.717) is 13.1 Å². The molecule has 1 N–H and O–H groups in total. The Morgan fingerprint density at radius 2 is 2.15 bits per heavy atom. The number of esters is 1. The third-order valence-electron chi connectivity index (χ3n) is 4.89. The summed E-state index contributed by atoms with van der Waals surface area (Å²) in [5.74, 6) is 0.800. The molecule has 6 nitrogen and oxygen atoms in total. The molecule has 1 aromatic heterocycles. The zero-order valence-corrected chi connectivity index (χ0v) is 15.6. The summed E-state index contributed by atoms with van der Waals surface area (Å²) in [4.78, 5) is 23.4. The Balaban J connectivity index is 1.80. The molecule has 0 saturated carbocycles. The largest absolute Gasteiger partial charge is 0.469 e. The first-order chi connectivity index (χ1) is 12.6. The van der Waals surface area contributed by atoms with E-state index in [1.807, 2.05) is 31.3 Å². The molecule has 1 fully saturated rings. The van der Waals surface area contributed by atoms with Crippen molar-refractivity contribution in [3.8, 4) is 0 Å². The summed E-state index contributed by atoms with van der Waals surface area (Å²) in [5.41, 5.74) is 0.954. The summed E-state index contributed by atoms with van der Waals surface area (Å²) in [6, 6.07) is 10.2. The molecule has 2 unspecified atom stereocenters. The van der Waals surface area contributed by atoms with Gasteiger partial charge in [-0.25, -0.2) is 4.99 Å². The molecule has 2 heterocycles. The summed E-state index contributed by atoms with van der Waals surface area (Å²) in [6.07, 6.45) is 1.82. The van der Waals surface area contributed by atoms with Crippen LogP contribution in [0.3, 0.4) is 0 Å². The van der Waals surface area contributed by atoms with Crippen LogP contribution in [0.4, 0.5) is 0 Å². The quantitative estimate of drug-likeness (QED) is 0.519. The number of nitrogens with zero attached hydrogens (tertiary/aromatic N) is 3. The van der Waals surface area contributed by atoms with E-state index >= 15 is 0 Å². The van der Waals surface area contributed by atoms with Crippen molar-refractivity contribution in [1.29, 1.82) is 0 Å². The van der Waals surface area contributed by atoms with E-state index in [2.05, 4.69) is 34.3 Å². The second-order valence-electron chi connectivity index (χ2n) is 6.66. The zero-order valence-electron chi connectivity index (χ0n) is 15.6. The van der Waals surface area contributed by atoms with Gasteiger partial charge in [0, 0.05) is 31.2 Å². The van der Waals surface area contributed by atoms with Gasteiger partial charge in [0.2, 0.25) is 0 Å². The van der Waals surface area contributed by atoms with Gasteiger partial charge in [0.05, 0.1) is 25.3 Å². The fraction of sp³-hybridized carbons (Fsp3) is 0.450. The van der Waals surface area contributed by atoms with Gasteiger partial charge in [0.15, 0.2) is 5.96 Å². The summed E-state index contributed by atoms with van der Waals surface area (Å²) in [5, 5.41) is 5.62. The zero-order chi connectivity index (χ0) is 18.5. The summed E-state index contributed by atoms with van der Waals surface area (Å²) < 4.78 is 4.93. The molecular formula is C20H26N4O2. The van der Waals surface area contributed by atoms with E-state index < -0.39 is 0 Å². The highest BCUT2D eigenvalue weighted by molar-refractivity contribution is 5.85. The van der Waals surface area contributed by atoms with Gasteiger partial charge in [0.1, 0.15) is 0 Å². The van der Waals surface area contributed by atoms with Gasteiger partial charge in [-0.2, -0.15) is 0 Å². The molecule has 1 aliphatic heterocycles. The molecule has 0 aliphatic carbocycles. The number of benzene rings is 1. The molecule has 3 rings (SSSR count). The molecule has 1 aromatic carbocycles. The van der Waals surface area contributed by atoms with Crippen LogP contribution in [0.15, 0.2) is 41.5 Å². The Bertz CT molecular complexity index is 800. The smallest absolute Gasteiger partial charge is 0.310 e. The number of pyridine rings is 1. The highest BCUT2D eigenvalue weighted by atomic mass is 16.5. The highest BCUT2D eigenvalue weighted by Gasteiger charge is 2.36. The van der Waals surface area contributed by atoms with Crippen molar-refractivity contribution < 1.29 is 9.53 Å². The number of guanidine groups is 1. The van der Waals surface area contributed by atoms with Gasteiger partial charge < -0.3 is 15.0 Å². The number of methoxy groups -OCH3 is 1. The van der Waals surface area contributed by atoms with Crippen LogP contribution >= 0.6 is 0 Å². The van der Waals surface area contributed by atoms with E-state index in [1.54, 1.807) is 0 Å². The predicted octanol–water partition coefficient (Wildman–Crippen LogP) is 2.44. The van der Waals surface area contributed by atoms with E-state index in [1.165, 1.54) is 12.5 Å². The fourth-order valence-electron chi connectivity index (χ4n) is 3.48. The lowest BCUT2D eigenvalue weighted by molar-refractivity contribution is -0.145. The predicted molar refractivity (Wildman–Crippen MR) is 103 cm³/mol. The number of carbonyl (C=O) groups is 1. The Hall–Kier alpha value is -2.63. The van der Waals surface area contributed by atoms with Crippen molar-refractivity contribution >= 4 is 22.7 Å². The number of hydrogen-bond donors (Lipinski definition) is 1. The molecule has 0 radical (unpaired) electrons. The minimum atomic E-state index is -0.147. The van der Waals surface area contributed by atoms with Crippen LogP contribution in [0.5, 0.6) is 0 Å². The molecule has 2 aromatic rings. The minimum Gasteiger partial charge on any atom is -0.469 e. The number of aliphatic imine (C=N–C) groups is 1. The Morgan fingerprint density at radius 3 is 2.92 bits per heavy atom. The van der Waals surface area contributed by atoms with Gasteiger partial charge in [-0.15, -0.1) is 0 Å². The lowest BCUT2D eigenvalue weighted by Gasteiger charge is -2.21. The van der Waals surface area contributed by atoms with Crippen LogP contribution in [0.2, 0.25) is 0 Å². The normalized spacial score (nSPS) is 20.4. The maximum Gasteiger partial charge on any atom is 0.310 e. The fourth-order valence-corrected chi connectivity index (χ4v) is 3.48. The number of aromatic nitrogens is 1. The number of nitrogens with one attached hydrogen (secondary N) is 1. The van der Waals surface area contributed by atoms with Crippen LogP contribution in [0.1, 0.15) is 19.5 Å². The third-order valence-corrected chi connectivity index (χ3v) is 4.89. The topological polar surface area (TPSA) is 66.8 Å². The van der Waals surface area contributed by atoms with Gasteiger partial charge >= 0.3 is 5.97 Å². The van der Waals surface area contributed by atoms with Crippen molar-refractivity contribution in [3.05, 3.63) is 42.2 Å². The summed E-state index contributed by atoms with van der Waals surface area (Å²) in [6.45, 7) is 6.81. The average Bonchev–Trinajstić information content (AvgIpc) is 3.06. The lowest BCUT2D eigenvalue weighted by Crippen LogP contribution is -2.40. The van der Waals surface area contributed by atoms with Crippen LogP contribution in [0, 0.1) is 11.8 Å². The summed E-state index contributed by atoms with van der Waals surface area (Å²) in [7, 11) is 1.45. The maximum atomic E-state index is 12.0. The number of ether oxygens (including phenoxy) is 1. The van der Waals surface area contributed by atoms with E-state index in [4.69, 9.17) is 9.73 Å². The van der Waals surface area contributed by atoms with Crippen LogP contribution in [0.25, 0.3) is 10.8 Å². The number of hydrogen-bond acceptors (Lipinski definition) is 4. The Labute approximate surface area is 154 Å². The minimum absolute atomic E-state index is 0.112. The Morgan fingerprint density at radius 1 is 1.35 bits per heavy atom. The molecule has 0 amide bonds. The van der Waals surface area contributed by atoms with Crippen LogP contribution in [-0.4, -0.2) is 48.6 Å². The molecule has 0 bridgehead atoms. The molecule has 138 valence electrons. The summed E-state index contributed by atoms with van der Waals surface area (Å²) >= 11 is 0. The number of likely N-dealkylation sites (tertiary alicyclic amines) is 1. The first-order valence-electron chi connectivity index (χ1n) is 9.07. The molecule has 0 spiro atoms. The van der Waals surface area contributed by atoms with Crippen molar-refractivity contribution in [1.82, 2.24) is 15.2 Å². The number of carbonyl (C=O) groups excluding carboxylic acids is 1. The van der Waals surface area contributed by atoms with E-state index in [0.717, 1.165) is 30.1 Å². The average molecular weight is 354 g/mol. The van der Waals surface area contributed by atoms with Crippen LogP contribution in [-0.2, 0) is 16.1 Å². The van der Waals surface area contributed by atoms with Gasteiger partial charge in [-0.05, 0) is 24.3 Å². The molecule has 26 heavy (non-hydrogen) atoms. The number of rotatable bonds is 4.